The number of rotatable bonds is 3. The monoisotopic (exact) mass is 308 g/mol. The van der Waals surface area contributed by atoms with E-state index in [4.69, 9.17) is 4.98 Å². The highest BCUT2D eigenvalue weighted by Crippen LogP contribution is 2.26. The van der Waals surface area contributed by atoms with Crippen LogP contribution in [0.2, 0.25) is 0 Å². The van der Waals surface area contributed by atoms with E-state index in [1.807, 2.05) is 24.3 Å². The second-order valence-electron chi connectivity index (χ2n) is 6.35. The number of likely N-dealkylation sites (tertiary alicyclic amines) is 1. The molecule has 1 N–H and O–H groups in total. The number of fused-ring (bicyclic) bond motifs is 1. The lowest BCUT2D eigenvalue weighted by Crippen LogP contribution is -2.16. The standard InChI is InChI=1S/C18H20N4O/c1-21-9-7-13(12-21)10-17-20-16-6-3-8-19-18(16)22(17)14-4-2-5-15(23)11-14/h2-6,8,11,13,23H,7,9-10,12H2,1H3. The highest BCUT2D eigenvalue weighted by molar-refractivity contribution is 5.74. The van der Waals surface area contributed by atoms with E-state index in [1.165, 1.54) is 6.42 Å². The minimum atomic E-state index is 0.256. The largest absolute Gasteiger partial charge is 0.508 e. The Labute approximate surface area is 135 Å². The third kappa shape index (κ3) is 2.68. The van der Waals surface area contributed by atoms with E-state index >= 15 is 0 Å². The van der Waals surface area contributed by atoms with Crippen LogP contribution in [0.15, 0.2) is 42.6 Å². The number of hydrogen-bond acceptors (Lipinski definition) is 4. The van der Waals surface area contributed by atoms with Crippen molar-refractivity contribution >= 4 is 11.2 Å². The molecule has 1 saturated heterocycles. The summed E-state index contributed by atoms with van der Waals surface area (Å²) in [5.74, 6) is 1.89. The first-order chi connectivity index (χ1) is 11.2. The average Bonchev–Trinajstić information content (AvgIpc) is 3.10. The molecule has 1 unspecified atom stereocenters. The van der Waals surface area contributed by atoms with E-state index in [0.29, 0.717) is 5.92 Å². The minimum absolute atomic E-state index is 0.256. The molecule has 5 heteroatoms. The van der Waals surface area contributed by atoms with Gasteiger partial charge in [-0.3, -0.25) is 4.57 Å². The molecule has 1 aromatic carbocycles. The molecule has 0 spiro atoms. The van der Waals surface area contributed by atoms with Gasteiger partial charge in [0.05, 0.1) is 5.69 Å². The molecular weight excluding hydrogens is 288 g/mol. The van der Waals surface area contributed by atoms with Crippen LogP contribution in [0, 0.1) is 5.92 Å². The number of imidazole rings is 1. The number of benzene rings is 1. The zero-order valence-electron chi connectivity index (χ0n) is 13.2. The summed E-state index contributed by atoms with van der Waals surface area (Å²) in [5.41, 5.74) is 2.66. The Morgan fingerprint density at radius 2 is 2.17 bits per heavy atom. The molecule has 1 atom stereocenters. The zero-order valence-corrected chi connectivity index (χ0v) is 13.2. The van der Waals surface area contributed by atoms with Crippen molar-refractivity contribution in [3.63, 3.8) is 0 Å². The lowest BCUT2D eigenvalue weighted by Gasteiger charge is -2.13. The second kappa shape index (κ2) is 5.66. The number of aromatic hydroxyl groups is 1. The van der Waals surface area contributed by atoms with Crippen LogP contribution in [-0.4, -0.2) is 44.7 Å². The number of phenolic OH excluding ortho intramolecular Hbond substituents is 1. The fourth-order valence-corrected chi connectivity index (χ4v) is 3.45. The third-order valence-electron chi connectivity index (χ3n) is 4.53. The van der Waals surface area contributed by atoms with E-state index in [2.05, 4.69) is 21.5 Å². The maximum Gasteiger partial charge on any atom is 0.164 e. The summed E-state index contributed by atoms with van der Waals surface area (Å²) >= 11 is 0. The van der Waals surface area contributed by atoms with Gasteiger partial charge in [0.25, 0.3) is 0 Å². The van der Waals surface area contributed by atoms with Gasteiger partial charge in [0.2, 0.25) is 0 Å². The van der Waals surface area contributed by atoms with Gasteiger partial charge < -0.3 is 10.0 Å². The highest BCUT2D eigenvalue weighted by atomic mass is 16.3. The van der Waals surface area contributed by atoms with Gasteiger partial charge in [-0.2, -0.15) is 0 Å². The van der Waals surface area contributed by atoms with Crippen molar-refractivity contribution in [3.05, 3.63) is 48.4 Å². The lowest BCUT2D eigenvalue weighted by molar-refractivity contribution is 0.392. The van der Waals surface area contributed by atoms with Crippen LogP contribution in [0.25, 0.3) is 16.9 Å². The molecule has 3 heterocycles. The molecule has 0 radical (unpaired) electrons. The number of hydrogen-bond donors (Lipinski definition) is 1. The first-order valence-electron chi connectivity index (χ1n) is 8.01. The van der Waals surface area contributed by atoms with E-state index < -0.39 is 0 Å². The average molecular weight is 308 g/mol. The number of phenols is 1. The van der Waals surface area contributed by atoms with Gasteiger partial charge in [0.1, 0.15) is 17.1 Å². The van der Waals surface area contributed by atoms with Gasteiger partial charge in [-0.05, 0) is 50.2 Å². The van der Waals surface area contributed by atoms with Crippen LogP contribution in [0.3, 0.4) is 0 Å². The van der Waals surface area contributed by atoms with Crippen molar-refractivity contribution in [3.8, 4) is 11.4 Å². The van der Waals surface area contributed by atoms with Crippen LogP contribution >= 0.6 is 0 Å². The highest BCUT2D eigenvalue weighted by Gasteiger charge is 2.23. The Morgan fingerprint density at radius 3 is 2.96 bits per heavy atom. The van der Waals surface area contributed by atoms with Gasteiger partial charge in [-0.25, -0.2) is 9.97 Å². The molecular formula is C18H20N4O. The van der Waals surface area contributed by atoms with E-state index in [0.717, 1.165) is 42.2 Å². The maximum atomic E-state index is 9.83. The number of aromatic nitrogens is 3. The lowest BCUT2D eigenvalue weighted by atomic mass is 10.0. The van der Waals surface area contributed by atoms with Gasteiger partial charge >= 0.3 is 0 Å². The van der Waals surface area contributed by atoms with Crippen molar-refractivity contribution < 1.29 is 5.11 Å². The summed E-state index contributed by atoms with van der Waals surface area (Å²) in [6.45, 7) is 2.26. The molecule has 1 fully saturated rings. The molecule has 118 valence electrons. The molecule has 2 aromatic heterocycles. The summed E-state index contributed by atoms with van der Waals surface area (Å²) in [6.07, 6.45) is 3.92. The van der Waals surface area contributed by atoms with Gasteiger partial charge in [-0.1, -0.05) is 6.07 Å². The van der Waals surface area contributed by atoms with Crippen LogP contribution in [0.4, 0.5) is 0 Å². The Hall–Kier alpha value is -2.40. The predicted molar refractivity (Wildman–Crippen MR) is 89.8 cm³/mol. The van der Waals surface area contributed by atoms with Crippen molar-refractivity contribution in [2.24, 2.45) is 5.92 Å². The first kappa shape index (κ1) is 14.2. The predicted octanol–water partition coefficient (Wildman–Crippen LogP) is 2.62. The van der Waals surface area contributed by atoms with Gasteiger partial charge in [0.15, 0.2) is 5.65 Å². The molecule has 5 nitrogen and oxygen atoms in total. The van der Waals surface area contributed by atoms with Crippen LogP contribution in [0.5, 0.6) is 5.75 Å². The summed E-state index contributed by atoms with van der Waals surface area (Å²) in [6, 6.07) is 11.2. The molecule has 1 aliphatic heterocycles. The molecule has 3 aromatic rings. The smallest absolute Gasteiger partial charge is 0.164 e. The fourth-order valence-electron chi connectivity index (χ4n) is 3.45. The fraction of sp³-hybridized carbons (Fsp3) is 0.333. The summed E-state index contributed by atoms with van der Waals surface area (Å²) in [7, 11) is 2.17. The number of pyridine rings is 1. The third-order valence-corrected chi connectivity index (χ3v) is 4.53. The topological polar surface area (TPSA) is 54.2 Å². The molecule has 1 aliphatic rings. The van der Waals surface area contributed by atoms with Crippen LogP contribution in [-0.2, 0) is 6.42 Å². The Balaban J connectivity index is 1.81. The van der Waals surface area contributed by atoms with E-state index in [1.54, 1.807) is 18.3 Å². The summed E-state index contributed by atoms with van der Waals surface area (Å²) in [5, 5.41) is 9.83. The summed E-state index contributed by atoms with van der Waals surface area (Å²) < 4.78 is 2.08. The van der Waals surface area contributed by atoms with Crippen molar-refractivity contribution in [1.29, 1.82) is 0 Å². The molecule has 0 amide bonds. The SMILES string of the molecule is CN1CCC(Cc2nc3cccnc3n2-c2cccc(O)c2)C1. The Kier molecular flexibility index (Phi) is 3.50. The molecule has 0 aliphatic carbocycles. The van der Waals surface area contributed by atoms with Gasteiger partial charge in [-0.15, -0.1) is 0 Å². The minimum Gasteiger partial charge on any atom is -0.508 e. The maximum absolute atomic E-state index is 9.83. The first-order valence-corrected chi connectivity index (χ1v) is 8.01. The van der Waals surface area contributed by atoms with Crippen LogP contribution in [0.1, 0.15) is 12.2 Å². The molecule has 4 rings (SSSR count). The van der Waals surface area contributed by atoms with Crippen molar-refractivity contribution in [1.82, 2.24) is 19.4 Å². The molecule has 0 saturated carbocycles. The molecule has 23 heavy (non-hydrogen) atoms. The van der Waals surface area contributed by atoms with E-state index in [-0.39, 0.29) is 5.75 Å². The Bertz CT molecular complexity index is 842. The van der Waals surface area contributed by atoms with Gasteiger partial charge in [0, 0.05) is 25.2 Å². The Morgan fingerprint density at radius 1 is 1.26 bits per heavy atom. The quantitative estimate of drug-likeness (QED) is 0.808. The second-order valence-corrected chi connectivity index (χ2v) is 6.35. The van der Waals surface area contributed by atoms with Crippen molar-refractivity contribution in [2.45, 2.75) is 12.8 Å². The molecule has 0 bridgehead atoms. The summed E-state index contributed by atoms with van der Waals surface area (Å²) in [4.78, 5) is 11.7. The van der Waals surface area contributed by atoms with Crippen LogP contribution < -0.4 is 0 Å². The van der Waals surface area contributed by atoms with Crippen molar-refractivity contribution in [2.75, 3.05) is 20.1 Å². The number of nitrogens with zero attached hydrogens (tertiary/aromatic N) is 4. The zero-order chi connectivity index (χ0) is 15.8. The normalized spacial score (nSPS) is 18.7. The van der Waals surface area contributed by atoms with E-state index in [9.17, 15) is 5.11 Å².